The average molecular weight is 788 g/mol. The van der Waals surface area contributed by atoms with E-state index in [2.05, 4.69) is 85.7 Å². The van der Waals surface area contributed by atoms with Crippen molar-refractivity contribution in [3.8, 4) is 5.75 Å². The zero-order valence-electron chi connectivity index (χ0n) is 33.2. The van der Waals surface area contributed by atoms with Gasteiger partial charge in [0.1, 0.15) is 23.7 Å². The highest BCUT2D eigenvalue weighted by Crippen LogP contribution is 2.52. The number of rotatable bonds is 18. The van der Waals surface area contributed by atoms with Gasteiger partial charge < -0.3 is 23.8 Å². The van der Waals surface area contributed by atoms with Crippen LogP contribution in [0.15, 0.2) is 97.6 Å². The molecule has 5 aromatic rings. The minimum absolute atomic E-state index is 0.0940. The summed E-state index contributed by atoms with van der Waals surface area (Å²) < 4.78 is 44.9. The molecule has 6 rings (SSSR count). The van der Waals surface area contributed by atoms with Gasteiger partial charge in [0.15, 0.2) is 39.0 Å². The highest BCUT2D eigenvalue weighted by atomic mass is 31.2. The van der Waals surface area contributed by atoms with Crippen molar-refractivity contribution < 1.29 is 23.1 Å². The van der Waals surface area contributed by atoms with Crippen LogP contribution in [0.1, 0.15) is 57.5 Å². The van der Waals surface area contributed by atoms with Gasteiger partial charge in [-0.2, -0.15) is 0 Å². The van der Waals surface area contributed by atoms with Gasteiger partial charge in [-0.1, -0.05) is 107 Å². The van der Waals surface area contributed by atoms with Crippen LogP contribution in [-0.4, -0.2) is 94.3 Å². The quantitative estimate of drug-likeness (QED) is 0.0680. The van der Waals surface area contributed by atoms with Crippen LogP contribution < -0.4 is 10.1 Å². The Hall–Kier alpha value is -3.73. The second kappa shape index (κ2) is 18.0. The highest BCUT2D eigenvalue weighted by molar-refractivity contribution is 7.57. The lowest BCUT2D eigenvalue weighted by molar-refractivity contribution is -0.0413. The van der Waals surface area contributed by atoms with Gasteiger partial charge in [-0.05, 0) is 28.8 Å². The van der Waals surface area contributed by atoms with Crippen molar-refractivity contribution in [2.45, 2.75) is 58.6 Å². The van der Waals surface area contributed by atoms with E-state index in [0.29, 0.717) is 17.0 Å². The van der Waals surface area contributed by atoms with Crippen molar-refractivity contribution in [3.63, 3.8) is 0 Å². The van der Waals surface area contributed by atoms with E-state index in [1.807, 2.05) is 53.1 Å². The zero-order chi connectivity index (χ0) is 39.2. The Kier molecular flexibility index (Phi) is 13.4. The molecule has 0 bridgehead atoms. The number of fused-ring (bicyclic) bond motifs is 1. The summed E-state index contributed by atoms with van der Waals surface area (Å²) in [6, 6.07) is 28.8. The first-order valence-corrected chi connectivity index (χ1v) is 22.8. The fourth-order valence-electron chi connectivity index (χ4n) is 7.26. The fourth-order valence-corrected chi connectivity index (χ4v) is 9.87. The molecule has 1 aliphatic heterocycles. The highest BCUT2D eigenvalue weighted by Gasteiger charge is 2.47. The SMILES string of the molecule is CCN(CC)P(OC1C(C)[C@@H](COP(C)(C)=O)O[C@H]1n1cnc2c(NC(c3ccccc3)(c3ccccc3)c3ccc(OC)cc3)ncnc21)N(CC)CC. The number of nitrogens with one attached hydrogen (secondary N) is 1. The second-order valence-corrected chi connectivity index (χ2v) is 18.6. The molecular weight excluding hydrogens is 732 g/mol. The number of benzene rings is 3. The van der Waals surface area contributed by atoms with Crippen LogP contribution in [0.25, 0.3) is 11.2 Å². The summed E-state index contributed by atoms with van der Waals surface area (Å²) >= 11 is 0. The smallest absolute Gasteiger partial charge is 0.197 e. The molecule has 1 saturated heterocycles. The largest absolute Gasteiger partial charge is 0.497 e. The molecule has 0 amide bonds. The molecule has 1 N–H and O–H groups in total. The monoisotopic (exact) mass is 787 g/mol. The summed E-state index contributed by atoms with van der Waals surface area (Å²) in [4.78, 5) is 14.6. The van der Waals surface area contributed by atoms with Gasteiger partial charge in [-0.3, -0.25) is 9.13 Å². The summed E-state index contributed by atoms with van der Waals surface area (Å²) in [5.41, 5.74) is 3.35. The van der Waals surface area contributed by atoms with Crippen molar-refractivity contribution >= 4 is 32.8 Å². The van der Waals surface area contributed by atoms with Crippen molar-refractivity contribution in [2.75, 3.05) is 58.5 Å². The predicted molar refractivity (Wildman–Crippen MR) is 221 cm³/mol. The van der Waals surface area contributed by atoms with Crippen LogP contribution >= 0.6 is 15.8 Å². The Labute approximate surface area is 327 Å². The number of hydrogen-bond acceptors (Lipinski definition) is 11. The van der Waals surface area contributed by atoms with E-state index in [4.69, 9.17) is 33.5 Å². The lowest BCUT2D eigenvalue weighted by Gasteiger charge is -2.39. The topological polar surface area (TPSA) is 116 Å². The third-order valence-electron chi connectivity index (χ3n) is 10.3. The Morgan fingerprint density at radius 1 is 0.836 bits per heavy atom. The molecule has 2 unspecified atom stereocenters. The van der Waals surface area contributed by atoms with Gasteiger partial charge in [0.05, 0.1) is 26.1 Å². The minimum Gasteiger partial charge on any atom is -0.497 e. The Morgan fingerprint density at radius 3 is 1.93 bits per heavy atom. The van der Waals surface area contributed by atoms with Crippen LogP contribution in [0, 0.1) is 5.92 Å². The first-order chi connectivity index (χ1) is 26.6. The molecule has 55 heavy (non-hydrogen) atoms. The van der Waals surface area contributed by atoms with E-state index < -0.39 is 27.6 Å². The van der Waals surface area contributed by atoms with E-state index in [9.17, 15) is 4.57 Å². The average Bonchev–Trinajstić information content (AvgIpc) is 3.78. The second-order valence-electron chi connectivity index (χ2n) is 14.0. The molecular formula is C41H55N7O5P2. The molecule has 1 fully saturated rings. The summed E-state index contributed by atoms with van der Waals surface area (Å²) in [5.74, 6) is 1.23. The lowest BCUT2D eigenvalue weighted by Crippen LogP contribution is -2.38. The fraction of sp³-hybridized carbons (Fsp3) is 0.439. The van der Waals surface area contributed by atoms with E-state index >= 15 is 0 Å². The van der Waals surface area contributed by atoms with Crippen LogP contribution in [-0.2, 0) is 23.9 Å². The maximum absolute atomic E-state index is 12.7. The van der Waals surface area contributed by atoms with Crippen LogP contribution in [0.5, 0.6) is 5.75 Å². The molecule has 3 heterocycles. The third-order valence-corrected chi connectivity index (χ3v) is 13.6. The molecule has 4 atom stereocenters. The first-order valence-electron chi connectivity index (χ1n) is 19.1. The normalized spacial score (nSPS) is 19.2. The number of hydrogen-bond donors (Lipinski definition) is 1. The summed E-state index contributed by atoms with van der Waals surface area (Å²) in [6.07, 6.45) is 1.99. The van der Waals surface area contributed by atoms with Crippen molar-refractivity contribution in [1.29, 1.82) is 0 Å². The number of aromatic nitrogens is 4. The Balaban J connectivity index is 1.47. The van der Waals surface area contributed by atoms with Gasteiger partial charge in [-0.15, -0.1) is 0 Å². The van der Waals surface area contributed by atoms with Crippen molar-refractivity contribution in [2.24, 2.45) is 5.92 Å². The van der Waals surface area contributed by atoms with Gasteiger partial charge >= 0.3 is 0 Å². The number of ether oxygens (including phenoxy) is 2. The molecule has 12 nitrogen and oxygen atoms in total. The van der Waals surface area contributed by atoms with E-state index in [0.717, 1.165) is 48.6 Å². The maximum atomic E-state index is 12.7. The summed E-state index contributed by atoms with van der Waals surface area (Å²) in [7, 11) is -2.21. The molecule has 0 radical (unpaired) electrons. The van der Waals surface area contributed by atoms with E-state index in [1.165, 1.54) is 0 Å². The predicted octanol–water partition coefficient (Wildman–Crippen LogP) is 8.62. The molecule has 294 valence electrons. The van der Waals surface area contributed by atoms with E-state index in [1.54, 1.807) is 33.1 Å². The number of nitrogens with zero attached hydrogens (tertiary/aromatic N) is 6. The summed E-state index contributed by atoms with van der Waals surface area (Å²) in [6.45, 7) is 17.6. The molecule has 2 aromatic heterocycles. The van der Waals surface area contributed by atoms with Gasteiger partial charge in [-0.25, -0.2) is 24.3 Å². The Morgan fingerprint density at radius 2 is 1.40 bits per heavy atom. The standard InChI is InChI=1S/C41H55N7O5P2/c1-9-46(10-2)54(47(11-3)12-4)53-37-30(5)35(27-51-55(7,8)49)52-40(37)48-29-44-36-38(42-28-43-39(36)48)45-41(31-19-15-13-16-20-31,32-21-17-14-18-22-32)33-23-25-34(50-6)26-24-33/h13-26,28-30,35,37,40H,9-12,27H2,1-8H3,(H,42,43,45)/t30?,35-,37?,40-/m1/s1. The molecule has 0 saturated carbocycles. The van der Waals surface area contributed by atoms with Crippen LogP contribution in [0.4, 0.5) is 5.82 Å². The van der Waals surface area contributed by atoms with Crippen molar-refractivity contribution in [1.82, 2.24) is 28.9 Å². The molecule has 0 aliphatic carbocycles. The molecule has 1 aliphatic rings. The molecule has 14 heteroatoms. The number of imidazole rings is 1. The van der Waals surface area contributed by atoms with E-state index in [-0.39, 0.29) is 24.7 Å². The van der Waals surface area contributed by atoms with Crippen LogP contribution in [0.2, 0.25) is 0 Å². The van der Waals surface area contributed by atoms with Gasteiger partial charge in [0, 0.05) is 45.4 Å². The minimum atomic E-state index is -2.76. The maximum Gasteiger partial charge on any atom is 0.197 e. The third kappa shape index (κ3) is 8.66. The number of anilines is 1. The molecule has 3 aromatic carbocycles. The zero-order valence-corrected chi connectivity index (χ0v) is 35.0. The number of methoxy groups -OCH3 is 1. The van der Waals surface area contributed by atoms with Crippen molar-refractivity contribution in [3.05, 3.63) is 114 Å². The lowest BCUT2D eigenvalue weighted by atomic mass is 9.77. The van der Waals surface area contributed by atoms with Crippen LogP contribution in [0.3, 0.4) is 0 Å². The van der Waals surface area contributed by atoms with Gasteiger partial charge in [0.25, 0.3) is 0 Å². The Bertz CT molecular complexity index is 1960. The molecule has 0 spiro atoms. The summed E-state index contributed by atoms with van der Waals surface area (Å²) in [5, 5.41) is 3.88. The first kappa shape index (κ1) is 40.9. The van der Waals surface area contributed by atoms with Gasteiger partial charge in [0.2, 0.25) is 0 Å².